The topological polar surface area (TPSA) is 97.4 Å². The van der Waals surface area contributed by atoms with E-state index in [2.05, 4.69) is 10.4 Å². The number of rotatable bonds is 4. The molecule has 7 nitrogen and oxygen atoms in total. The van der Waals surface area contributed by atoms with Gasteiger partial charge in [-0.05, 0) is 13.0 Å². The molecule has 19 heavy (non-hydrogen) atoms. The zero-order chi connectivity index (χ0) is 14.0. The maximum atomic E-state index is 11.9. The largest absolute Gasteiger partial charge is 0.479 e. The Kier molecular flexibility index (Phi) is 3.37. The Hall–Kier alpha value is -2.57. The monoisotopic (exact) mass is 263 g/mol. The first-order valence-corrected chi connectivity index (χ1v) is 5.55. The Morgan fingerprint density at radius 3 is 2.74 bits per heavy atom. The highest BCUT2D eigenvalue weighted by atomic mass is 16.4. The molecule has 0 aliphatic carbocycles. The average molecular weight is 263 g/mol. The van der Waals surface area contributed by atoms with Crippen LogP contribution in [0.3, 0.4) is 0 Å². The van der Waals surface area contributed by atoms with Gasteiger partial charge in [0.05, 0.1) is 12.5 Å². The van der Waals surface area contributed by atoms with Crippen molar-refractivity contribution in [1.82, 2.24) is 15.1 Å². The fourth-order valence-corrected chi connectivity index (χ4v) is 1.68. The van der Waals surface area contributed by atoms with E-state index in [0.717, 1.165) is 0 Å². The van der Waals surface area contributed by atoms with Gasteiger partial charge in [0, 0.05) is 24.4 Å². The lowest BCUT2D eigenvalue weighted by atomic mass is 10.1. The van der Waals surface area contributed by atoms with Crippen LogP contribution < -0.4 is 5.32 Å². The van der Waals surface area contributed by atoms with Crippen LogP contribution in [0.5, 0.6) is 0 Å². The molecule has 0 aliphatic rings. The van der Waals surface area contributed by atoms with Crippen LogP contribution in [0.25, 0.3) is 0 Å². The van der Waals surface area contributed by atoms with Gasteiger partial charge in [0.25, 0.3) is 5.91 Å². The molecule has 2 aromatic heterocycles. The Morgan fingerprint density at radius 1 is 1.53 bits per heavy atom. The van der Waals surface area contributed by atoms with E-state index in [-0.39, 0.29) is 5.76 Å². The Balaban J connectivity index is 2.21. The standard InChI is InChI=1S/C12H13N3O4/c1-7-3-4-19-10(7)11(16)14-9(12(17)18)8-5-13-15(2)6-8/h3-6,9H,1-2H3,(H,14,16)(H,17,18). The van der Waals surface area contributed by atoms with Gasteiger partial charge in [-0.1, -0.05) is 0 Å². The number of aryl methyl sites for hydroxylation is 2. The molecule has 2 heterocycles. The predicted octanol–water partition coefficient (Wildman–Crippen LogP) is 0.877. The smallest absolute Gasteiger partial charge is 0.331 e. The highest BCUT2D eigenvalue weighted by Crippen LogP contribution is 2.15. The van der Waals surface area contributed by atoms with Crippen LogP contribution in [0, 0.1) is 6.92 Å². The van der Waals surface area contributed by atoms with Crippen LogP contribution in [-0.2, 0) is 11.8 Å². The molecule has 0 aliphatic heterocycles. The summed E-state index contributed by atoms with van der Waals surface area (Å²) in [4.78, 5) is 23.1. The molecule has 0 spiro atoms. The molecule has 0 aromatic carbocycles. The maximum Gasteiger partial charge on any atom is 0.331 e. The molecule has 1 amide bonds. The van der Waals surface area contributed by atoms with E-state index in [1.165, 1.54) is 23.3 Å². The van der Waals surface area contributed by atoms with E-state index < -0.39 is 17.9 Å². The molecule has 0 radical (unpaired) electrons. The van der Waals surface area contributed by atoms with Crippen LogP contribution in [0.1, 0.15) is 27.7 Å². The number of amides is 1. The number of furan rings is 1. The quantitative estimate of drug-likeness (QED) is 0.853. The van der Waals surface area contributed by atoms with Gasteiger partial charge in [-0.15, -0.1) is 0 Å². The SMILES string of the molecule is Cc1ccoc1C(=O)NC(C(=O)O)c1cnn(C)c1. The van der Waals surface area contributed by atoms with Crippen molar-refractivity contribution in [2.75, 3.05) is 0 Å². The highest BCUT2D eigenvalue weighted by molar-refractivity contribution is 5.95. The lowest BCUT2D eigenvalue weighted by Crippen LogP contribution is -2.33. The third-order valence-electron chi connectivity index (χ3n) is 2.65. The van der Waals surface area contributed by atoms with Gasteiger partial charge in [0.1, 0.15) is 0 Å². The van der Waals surface area contributed by atoms with E-state index in [4.69, 9.17) is 9.52 Å². The van der Waals surface area contributed by atoms with Crippen molar-refractivity contribution in [3.8, 4) is 0 Å². The second kappa shape index (κ2) is 4.97. The number of carbonyl (C=O) groups is 2. The minimum atomic E-state index is -1.16. The number of carboxylic acid groups (broad SMARTS) is 1. The summed E-state index contributed by atoms with van der Waals surface area (Å²) in [6.45, 7) is 1.71. The van der Waals surface area contributed by atoms with Gasteiger partial charge in [-0.3, -0.25) is 9.48 Å². The van der Waals surface area contributed by atoms with Crippen LogP contribution in [-0.4, -0.2) is 26.8 Å². The first-order chi connectivity index (χ1) is 8.99. The number of aliphatic carboxylic acids is 1. The maximum absolute atomic E-state index is 11.9. The fraction of sp³-hybridized carbons (Fsp3) is 0.250. The number of nitrogens with zero attached hydrogens (tertiary/aromatic N) is 2. The number of aromatic nitrogens is 2. The third kappa shape index (κ3) is 2.65. The van der Waals surface area contributed by atoms with Crippen LogP contribution in [0.2, 0.25) is 0 Å². The van der Waals surface area contributed by atoms with Gasteiger partial charge in [-0.25, -0.2) is 4.79 Å². The summed E-state index contributed by atoms with van der Waals surface area (Å²) >= 11 is 0. The summed E-state index contributed by atoms with van der Waals surface area (Å²) in [6, 6.07) is 0.472. The first kappa shape index (κ1) is 12.9. The molecular weight excluding hydrogens is 250 g/mol. The Labute approximate surface area is 108 Å². The number of carbonyl (C=O) groups excluding carboxylic acids is 1. The summed E-state index contributed by atoms with van der Waals surface area (Å²) in [6.07, 6.45) is 4.31. The molecule has 0 saturated heterocycles. The molecule has 2 rings (SSSR count). The molecule has 1 atom stereocenters. The van der Waals surface area contributed by atoms with Gasteiger partial charge in [0.15, 0.2) is 11.8 Å². The first-order valence-electron chi connectivity index (χ1n) is 5.55. The molecule has 100 valence electrons. The zero-order valence-electron chi connectivity index (χ0n) is 10.5. The zero-order valence-corrected chi connectivity index (χ0v) is 10.5. The summed E-state index contributed by atoms with van der Waals surface area (Å²) in [7, 11) is 1.67. The number of nitrogens with one attached hydrogen (secondary N) is 1. The molecule has 1 unspecified atom stereocenters. The van der Waals surface area contributed by atoms with Crippen LogP contribution in [0.4, 0.5) is 0 Å². The van der Waals surface area contributed by atoms with Crippen LogP contribution >= 0.6 is 0 Å². The van der Waals surface area contributed by atoms with E-state index in [1.54, 1.807) is 20.0 Å². The van der Waals surface area contributed by atoms with Gasteiger partial charge in [0.2, 0.25) is 0 Å². The van der Waals surface area contributed by atoms with Crippen molar-refractivity contribution in [2.24, 2.45) is 7.05 Å². The minimum absolute atomic E-state index is 0.107. The third-order valence-corrected chi connectivity index (χ3v) is 2.65. The molecule has 7 heteroatoms. The van der Waals surface area contributed by atoms with E-state index in [1.807, 2.05) is 0 Å². The average Bonchev–Trinajstić information content (AvgIpc) is 2.94. The summed E-state index contributed by atoms with van der Waals surface area (Å²) in [5.41, 5.74) is 1.04. The van der Waals surface area contributed by atoms with E-state index in [9.17, 15) is 9.59 Å². The number of hydrogen-bond donors (Lipinski definition) is 2. The molecule has 0 fully saturated rings. The van der Waals surface area contributed by atoms with Gasteiger partial charge >= 0.3 is 5.97 Å². The Morgan fingerprint density at radius 2 is 2.26 bits per heavy atom. The van der Waals surface area contributed by atoms with E-state index >= 15 is 0 Å². The molecule has 2 N–H and O–H groups in total. The van der Waals surface area contributed by atoms with Gasteiger partial charge < -0.3 is 14.8 Å². The van der Waals surface area contributed by atoms with Crippen molar-refractivity contribution < 1.29 is 19.1 Å². The van der Waals surface area contributed by atoms with Crippen molar-refractivity contribution >= 4 is 11.9 Å². The number of carboxylic acids is 1. The lowest BCUT2D eigenvalue weighted by molar-refractivity contribution is -0.139. The predicted molar refractivity (Wildman–Crippen MR) is 64.5 cm³/mol. The van der Waals surface area contributed by atoms with Crippen molar-refractivity contribution in [3.05, 3.63) is 41.6 Å². The molecule has 0 bridgehead atoms. The van der Waals surface area contributed by atoms with Crippen molar-refractivity contribution in [2.45, 2.75) is 13.0 Å². The second-order valence-electron chi connectivity index (χ2n) is 4.12. The van der Waals surface area contributed by atoms with Crippen molar-refractivity contribution in [1.29, 1.82) is 0 Å². The fourth-order valence-electron chi connectivity index (χ4n) is 1.68. The second-order valence-corrected chi connectivity index (χ2v) is 4.12. The molecule has 2 aromatic rings. The van der Waals surface area contributed by atoms with Crippen molar-refractivity contribution in [3.63, 3.8) is 0 Å². The summed E-state index contributed by atoms with van der Waals surface area (Å²) < 4.78 is 6.49. The summed E-state index contributed by atoms with van der Waals surface area (Å²) in [5.74, 6) is -1.63. The highest BCUT2D eigenvalue weighted by Gasteiger charge is 2.25. The summed E-state index contributed by atoms with van der Waals surface area (Å²) in [5, 5.41) is 15.5. The van der Waals surface area contributed by atoms with E-state index in [0.29, 0.717) is 11.1 Å². The minimum Gasteiger partial charge on any atom is -0.479 e. The van der Waals surface area contributed by atoms with Crippen LogP contribution in [0.15, 0.2) is 29.1 Å². The Bertz CT molecular complexity index is 614. The van der Waals surface area contributed by atoms with Gasteiger partial charge in [-0.2, -0.15) is 5.10 Å². The molecule has 0 saturated carbocycles. The lowest BCUT2D eigenvalue weighted by Gasteiger charge is -2.11. The molecular formula is C12H13N3O4. The number of hydrogen-bond acceptors (Lipinski definition) is 4. The normalized spacial score (nSPS) is 12.1.